The summed E-state index contributed by atoms with van der Waals surface area (Å²) >= 11 is 0. The summed E-state index contributed by atoms with van der Waals surface area (Å²) in [5.74, 6) is -3.14. The largest absolute Gasteiger partial charge is 0.482 e. The highest BCUT2D eigenvalue weighted by Crippen LogP contribution is 2.20. The minimum Gasteiger partial charge on any atom is -0.482 e. The lowest BCUT2D eigenvalue weighted by Crippen LogP contribution is -2.38. The van der Waals surface area contributed by atoms with Crippen molar-refractivity contribution < 1.29 is 23.1 Å². The van der Waals surface area contributed by atoms with Crippen molar-refractivity contribution >= 4 is 11.8 Å². The molecule has 1 aliphatic heterocycles. The molecule has 3 aromatic rings. The van der Waals surface area contributed by atoms with E-state index >= 15 is 0 Å². The molecule has 1 aliphatic rings. The van der Waals surface area contributed by atoms with Gasteiger partial charge in [-0.05, 0) is 18.6 Å². The average molecular weight is 509 g/mol. The Morgan fingerprint density at radius 1 is 1.16 bits per heavy atom. The third-order valence-electron chi connectivity index (χ3n) is 5.79. The van der Waals surface area contributed by atoms with Crippen LogP contribution in [0.4, 0.5) is 8.78 Å². The molecule has 0 bridgehead atoms. The van der Waals surface area contributed by atoms with E-state index in [0.717, 1.165) is 11.6 Å². The zero-order chi connectivity index (χ0) is 26.5. The van der Waals surface area contributed by atoms with E-state index in [4.69, 9.17) is 4.74 Å². The fraction of sp³-hybridized carbons (Fsp3) is 0.222. The second-order valence-electron chi connectivity index (χ2n) is 8.64. The number of carbonyl (C=O) groups is 2. The second-order valence-corrected chi connectivity index (χ2v) is 8.64. The standard InChI is InChI=1S/C27H26F2N4O4/c1-17-7-6-12-32(2)27(36)23-25(37-16-18-8-4-3-5-9-18)24(34)21(15-33(23)31-17)26(35)30-14-19-10-11-20(28)13-22(19)29/h3-11,13,15,17,31H,12,14,16H2,1-2H3,(H,30,35)/b7-6-/t17-/m1/s1. The van der Waals surface area contributed by atoms with E-state index in [-0.39, 0.29) is 41.8 Å². The van der Waals surface area contributed by atoms with Gasteiger partial charge in [-0.2, -0.15) is 0 Å². The van der Waals surface area contributed by atoms with Crippen LogP contribution < -0.4 is 20.9 Å². The predicted molar refractivity (Wildman–Crippen MR) is 134 cm³/mol. The van der Waals surface area contributed by atoms with Crippen molar-refractivity contribution in [3.05, 3.63) is 111 Å². The lowest BCUT2D eigenvalue weighted by molar-refractivity contribution is 0.0793. The zero-order valence-corrected chi connectivity index (χ0v) is 20.3. The molecule has 0 radical (unpaired) electrons. The first kappa shape index (κ1) is 25.6. The number of nitrogens with one attached hydrogen (secondary N) is 2. The van der Waals surface area contributed by atoms with Crippen LogP contribution in [0.2, 0.25) is 0 Å². The van der Waals surface area contributed by atoms with Crippen LogP contribution >= 0.6 is 0 Å². The molecule has 37 heavy (non-hydrogen) atoms. The molecule has 8 nitrogen and oxygen atoms in total. The topological polar surface area (TPSA) is 92.7 Å². The Hall–Kier alpha value is -4.47. The number of ether oxygens (including phenoxy) is 1. The van der Waals surface area contributed by atoms with Crippen LogP contribution in [0.1, 0.15) is 38.9 Å². The third kappa shape index (κ3) is 5.85. The Morgan fingerprint density at radius 2 is 1.92 bits per heavy atom. The van der Waals surface area contributed by atoms with Crippen LogP contribution in [0.5, 0.6) is 5.75 Å². The van der Waals surface area contributed by atoms with E-state index in [1.165, 1.54) is 21.8 Å². The monoisotopic (exact) mass is 508 g/mol. The smallest absolute Gasteiger partial charge is 0.276 e. The average Bonchev–Trinajstić information content (AvgIpc) is 2.92. The number of carbonyl (C=O) groups excluding carboxylic acids is 2. The Balaban J connectivity index is 1.75. The maximum atomic E-state index is 14.0. The van der Waals surface area contributed by atoms with Gasteiger partial charge in [0.15, 0.2) is 11.4 Å². The van der Waals surface area contributed by atoms with Gasteiger partial charge in [0.25, 0.3) is 11.8 Å². The second kappa shape index (κ2) is 11.1. The van der Waals surface area contributed by atoms with Crippen molar-refractivity contribution in [2.75, 3.05) is 19.0 Å². The normalized spacial score (nSPS) is 16.1. The fourth-order valence-corrected chi connectivity index (χ4v) is 3.80. The number of hydrogen-bond donors (Lipinski definition) is 2. The molecule has 2 amide bonds. The molecule has 0 aliphatic carbocycles. The maximum Gasteiger partial charge on any atom is 0.276 e. The predicted octanol–water partition coefficient (Wildman–Crippen LogP) is 3.21. The number of aromatic nitrogens is 1. The van der Waals surface area contributed by atoms with E-state index < -0.39 is 28.9 Å². The van der Waals surface area contributed by atoms with E-state index in [9.17, 15) is 23.2 Å². The number of halogens is 2. The highest BCUT2D eigenvalue weighted by Gasteiger charge is 2.28. The molecule has 2 aromatic carbocycles. The zero-order valence-electron chi connectivity index (χ0n) is 20.3. The van der Waals surface area contributed by atoms with Crippen molar-refractivity contribution in [1.82, 2.24) is 14.9 Å². The quantitative estimate of drug-likeness (QED) is 0.499. The SMILES string of the molecule is C[C@@H]1/C=C\CN(C)C(=O)c2c(OCc3ccccc3)c(=O)c(C(=O)NCc3ccc(F)cc3F)cn2N1. The van der Waals surface area contributed by atoms with Gasteiger partial charge in [0.2, 0.25) is 5.43 Å². The van der Waals surface area contributed by atoms with Crippen LogP contribution in [0.3, 0.4) is 0 Å². The number of amides is 2. The van der Waals surface area contributed by atoms with E-state index in [0.29, 0.717) is 12.6 Å². The number of benzene rings is 2. The molecule has 0 saturated heterocycles. The summed E-state index contributed by atoms with van der Waals surface area (Å²) in [7, 11) is 1.59. The summed E-state index contributed by atoms with van der Waals surface area (Å²) in [5, 5.41) is 2.49. The molecule has 2 N–H and O–H groups in total. The lowest BCUT2D eigenvalue weighted by Gasteiger charge is -2.23. The molecule has 0 spiro atoms. The molecule has 10 heteroatoms. The van der Waals surface area contributed by atoms with Crippen molar-refractivity contribution in [3.8, 4) is 5.75 Å². The van der Waals surface area contributed by atoms with Gasteiger partial charge in [-0.25, -0.2) is 8.78 Å². The molecule has 1 aromatic heterocycles. The van der Waals surface area contributed by atoms with E-state index in [1.807, 2.05) is 37.3 Å². The van der Waals surface area contributed by atoms with Crippen LogP contribution in [-0.4, -0.2) is 41.0 Å². The number of fused-ring (bicyclic) bond motifs is 1. The Morgan fingerprint density at radius 3 is 2.65 bits per heavy atom. The summed E-state index contributed by atoms with van der Waals surface area (Å²) in [5.41, 5.74) is 2.73. The molecule has 2 heterocycles. The minimum atomic E-state index is -0.825. The molecule has 0 fully saturated rings. The Labute approximate surface area is 212 Å². The fourth-order valence-electron chi connectivity index (χ4n) is 3.80. The summed E-state index contributed by atoms with van der Waals surface area (Å²) in [6.07, 6.45) is 4.89. The van der Waals surface area contributed by atoms with Crippen molar-refractivity contribution in [1.29, 1.82) is 0 Å². The van der Waals surface area contributed by atoms with E-state index in [1.54, 1.807) is 19.2 Å². The van der Waals surface area contributed by atoms with Gasteiger partial charge in [0.05, 0.1) is 6.04 Å². The summed E-state index contributed by atoms with van der Waals surface area (Å²) < 4.78 is 34.4. The Bertz CT molecular complexity index is 1410. The van der Waals surface area contributed by atoms with Gasteiger partial charge >= 0.3 is 0 Å². The van der Waals surface area contributed by atoms with Gasteiger partial charge in [-0.15, -0.1) is 0 Å². The first-order valence-corrected chi connectivity index (χ1v) is 11.6. The first-order valence-electron chi connectivity index (χ1n) is 11.6. The van der Waals surface area contributed by atoms with Gasteiger partial charge in [-0.3, -0.25) is 19.1 Å². The highest BCUT2D eigenvalue weighted by molar-refractivity contribution is 5.98. The Kier molecular flexibility index (Phi) is 7.66. The lowest BCUT2D eigenvalue weighted by atomic mass is 10.1. The van der Waals surface area contributed by atoms with Crippen LogP contribution in [0.25, 0.3) is 0 Å². The third-order valence-corrected chi connectivity index (χ3v) is 5.79. The number of rotatable bonds is 6. The van der Waals surface area contributed by atoms with Gasteiger partial charge in [0.1, 0.15) is 23.8 Å². The highest BCUT2D eigenvalue weighted by atomic mass is 19.1. The van der Waals surface area contributed by atoms with Crippen molar-refractivity contribution in [2.24, 2.45) is 0 Å². The maximum absolute atomic E-state index is 14.0. The molecular formula is C27H26F2N4O4. The van der Waals surface area contributed by atoms with E-state index in [2.05, 4.69) is 10.7 Å². The van der Waals surface area contributed by atoms with Gasteiger partial charge in [-0.1, -0.05) is 48.6 Å². The van der Waals surface area contributed by atoms with Gasteiger partial charge < -0.3 is 20.4 Å². The first-order chi connectivity index (χ1) is 17.7. The number of pyridine rings is 1. The molecule has 0 unspecified atom stereocenters. The van der Waals surface area contributed by atoms with Crippen LogP contribution in [0.15, 0.2) is 71.7 Å². The molecular weight excluding hydrogens is 482 g/mol. The van der Waals surface area contributed by atoms with Gasteiger partial charge in [0, 0.05) is 38.0 Å². The van der Waals surface area contributed by atoms with Crippen molar-refractivity contribution in [3.63, 3.8) is 0 Å². The molecule has 4 rings (SSSR count). The molecule has 192 valence electrons. The molecule has 0 saturated carbocycles. The van der Waals surface area contributed by atoms with Crippen molar-refractivity contribution in [2.45, 2.75) is 26.1 Å². The number of hydrogen-bond acceptors (Lipinski definition) is 5. The minimum absolute atomic E-state index is 0.0141. The summed E-state index contributed by atoms with van der Waals surface area (Å²) in [6, 6.07) is 11.8. The van der Waals surface area contributed by atoms with Crippen LogP contribution in [-0.2, 0) is 13.2 Å². The summed E-state index contributed by atoms with van der Waals surface area (Å²) in [6.45, 7) is 1.86. The number of nitrogens with zero attached hydrogens (tertiary/aromatic N) is 2. The number of likely N-dealkylation sites (N-methyl/N-ethyl adjacent to an activating group) is 1. The summed E-state index contributed by atoms with van der Waals surface area (Å²) in [4.78, 5) is 41.3. The molecule has 1 atom stereocenters. The van der Waals surface area contributed by atoms with Crippen LogP contribution in [0, 0.1) is 11.6 Å².